The molecular formula is C18H20CoN2O4. The Morgan fingerprint density at radius 2 is 1.20 bits per heavy atom. The molecule has 0 atom stereocenters. The van der Waals surface area contributed by atoms with Gasteiger partial charge in [-0.25, -0.2) is 0 Å². The molecule has 0 spiro atoms. The topological polar surface area (TPSA) is 83.6 Å². The van der Waals surface area contributed by atoms with Crippen LogP contribution in [-0.2, 0) is 16.8 Å². The van der Waals surface area contributed by atoms with Gasteiger partial charge in [0, 0.05) is 40.3 Å². The van der Waals surface area contributed by atoms with E-state index in [4.69, 9.17) is 9.47 Å². The van der Waals surface area contributed by atoms with Crippen LogP contribution >= 0.6 is 0 Å². The second-order valence-corrected chi connectivity index (χ2v) is 4.87. The van der Waals surface area contributed by atoms with Gasteiger partial charge < -0.3 is 19.7 Å². The molecule has 0 amide bonds. The van der Waals surface area contributed by atoms with E-state index in [0.717, 1.165) is 0 Å². The van der Waals surface area contributed by atoms with Gasteiger partial charge in [-0.3, -0.25) is 9.98 Å². The number of rotatable bonds is 7. The molecule has 0 saturated heterocycles. The van der Waals surface area contributed by atoms with Gasteiger partial charge in [-0.2, -0.15) is 0 Å². The Bertz CT molecular complexity index is 684. The van der Waals surface area contributed by atoms with Crippen LogP contribution in [0.4, 0.5) is 0 Å². The smallest absolute Gasteiger partial charge is 0.166 e. The summed E-state index contributed by atoms with van der Waals surface area (Å²) >= 11 is 0. The normalized spacial score (nSPS) is 10.8. The van der Waals surface area contributed by atoms with Crippen LogP contribution in [0, 0.1) is 0 Å². The number of benzene rings is 2. The number of nitrogens with zero attached hydrogens (tertiary/aromatic N) is 2. The van der Waals surface area contributed by atoms with Gasteiger partial charge in [0.15, 0.2) is 23.0 Å². The third kappa shape index (κ3) is 5.51. The molecule has 6 nitrogen and oxygen atoms in total. The van der Waals surface area contributed by atoms with Gasteiger partial charge in [0.1, 0.15) is 0 Å². The number of ether oxygens (including phenoxy) is 2. The number of hydrogen-bond acceptors (Lipinski definition) is 6. The van der Waals surface area contributed by atoms with Crippen molar-refractivity contribution >= 4 is 12.4 Å². The monoisotopic (exact) mass is 387 g/mol. The van der Waals surface area contributed by atoms with E-state index in [1.165, 1.54) is 14.2 Å². The van der Waals surface area contributed by atoms with Crippen LogP contribution in [0.25, 0.3) is 0 Å². The van der Waals surface area contributed by atoms with Crippen molar-refractivity contribution < 1.29 is 36.5 Å². The second-order valence-electron chi connectivity index (χ2n) is 4.87. The molecule has 1 radical (unpaired) electrons. The fourth-order valence-electron chi connectivity index (χ4n) is 2.06. The predicted molar refractivity (Wildman–Crippen MR) is 94.2 cm³/mol. The molecule has 0 aliphatic carbocycles. The minimum absolute atomic E-state index is 0. The predicted octanol–water partition coefficient (Wildman–Crippen LogP) is 2.65. The van der Waals surface area contributed by atoms with Crippen LogP contribution in [0.15, 0.2) is 46.4 Å². The van der Waals surface area contributed by atoms with Gasteiger partial charge in [-0.05, 0) is 24.3 Å². The third-order valence-corrected chi connectivity index (χ3v) is 3.32. The first-order valence-corrected chi connectivity index (χ1v) is 7.39. The molecule has 0 heterocycles. The summed E-state index contributed by atoms with van der Waals surface area (Å²) in [6, 6.07) is 10.4. The largest absolute Gasteiger partial charge is 0.504 e. The molecule has 2 N–H and O–H groups in total. The average Bonchev–Trinajstić information content (AvgIpc) is 2.60. The SMILES string of the molecule is COc1cccc(C=NCCN=Cc2cccc(OC)c2O)c1O.[Co]. The van der Waals surface area contributed by atoms with Crippen LogP contribution in [0.3, 0.4) is 0 Å². The summed E-state index contributed by atoms with van der Waals surface area (Å²) in [4.78, 5) is 8.45. The van der Waals surface area contributed by atoms with Crippen LogP contribution in [-0.4, -0.2) is 50.0 Å². The number of hydrogen-bond donors (Lipinski definition) is 2. The molecule has 0 saturated carbocycles. The van der Waals surface area contributed by atoms with Crippen molar-refractivity contribution in [3.05, 3.63) is 47.5 Å². The first-order chi connectivity index (χ1) is 11.7. The molecule has 0 unspecified atom stereocenters. The number of phenols is 2. The fourth-order valence-corrected chi connectivity index (χ4v) is 2.06. The molecule has 0 aliphatic heterocycles. The van der Waals surface area contributed by atoms with Crippen LogP contribution in [0.5, 0.6) is 23.0 Å². The Morgan fingerprint density at radius 3 is 1.56 bits per heavy atom. The van der Waals surface area contributed by atoms with Crippen molar-refractivity contribution in [2.24, 2.45) is 9.98 Å². The second kappa shape index (κ2) is 10.4. The molecule has 2 aromatic carbocycles. The summed E-state index contributed by atoms with van der Waals surface area (Å²) in [5.41, 5.74) is 1.17. The summed E-state index contributed by atoms with van der Waals surface area (Å²) in [7, 11) is 3.00. The van der Waals surface area contributed by atoms with Gasteiger partial charge in [-0.15, -0.1) is 0 Å². The van der Waals surface area contributed by atoms with E-state index < -0.39 is 0 Å². The first-order valence-electron chi connectivity index (χ1n) is 7.39. The minimum atomic E-state index is 0. The third-order valence-electron chi connectivity index (χ3n) is 3.32. The number of aromatic hydroxyl groups is 2. The van der Waals surface area contributed by atoms with E-state index in [0.29, 0.717) is 35.7 Å². The van der Waals surface area contributed by atoms with Crippen molar-refractivity contribution in [1.29, 1.82) is 0 Å². The maximum atomic E-state index is 9.93. The van der Waals surface area contributed by atoms with E-state index in [1.807, 2.05) is 0 Å². The quantitative estimate of drug-likeness (QED) is 0.565. The van der Waals surface area contributed by atoms with Gasteiger partial charge in [0.25, 0.3) is 0 Å². The zero-order chi connectivity index (χ0) is 17.4. The molecule has 25 heavy (non-hydrogen) atoms. The molecular weight excluding hydrogens is 367 g/mol. The van der Waals surface area contributed by atoms with E-state index in [-0.39, 0.29) is 28.3 Å². The molecule has 2 aromatic rings. The Balaban J connectivity index is 0.00000312. The van der Waals surface area contributed by atoms with Crippen molar-refractivity contribution in [3.63, 3.8) is 0 Å². The van der Waals surface area contributed by atoms with Crippen molar-refractivity contribution in [1.82, 2.24) is 0 Å². The minimum Gasteiger partial charge on any atom is -0.504 e. The van der Waals surface area contributed by atoms with Crippen LogP contribution in [0.2, 0.25) is 0 Å². The van der Waals surface area contributed by atoms with Crippen LogP contribution in [0.1, 0.15) is 11.1 Å². The van der Waals surface area contributed by atoms with Crippen LogP contribution < -0.4 is 9.47 Å². The zero-order valence-corrected chi connectivity index (χ0v) is 15.0. The Labute approximate surface area is 157 Å². The van der Waals surface area contributed by atoms with Gasteiger partial charge in [0.05, 0.1) is 27.3 Å². The number of phenolic OH excluding ortho intramolecular Hbond substituents is 2. The van der Waals surface area contributed by atoms with E-state index >= 15 is 0 Å². The average molecular weight is 387 g/mol. The summed E-state index contributed by atoms with van der Waals surface area (Å²) in [6.07, 6.45) is 3.16. The van der Waals surface area contributed by atoms with E-state index in [1.54, 1.807) is 48.8 Å². The standard InChI is InChI=1S/C18H20N2O4.Co/c1-23-15-7-3-5-13(17(15)21)11-19-9-10-20-12-14-6-4-8-16(24-2)18(14)22;/h3-8,11-12,21-22H,9-10H2,1-2H3;. The number of aliphatic imine (C=N–C) groups is 2. The Kier molecular flexibility index (Phi) is 8.52. The van der Waals surface area contributed by atoms with Gasteiger partial charge >= 0.3 is 0 Å². The maximum absolute atomic E-state index is 9.93. The molecule has 0 aromatic heterocycles. The van der Waals surface area contributed by atoms with E-state index in [9.17, 15) is 10.2 Å². The Hall–Kier alpha value is -2.51. The molecule has 7 heteroatoms. The summed E-state index contributed by atoms with van der Waals surface area (Å²) in [5, 5.41) is 19.9. The molecule has 0 bridgehead atoms. The van der Waals surface area contributed by atoms with Gasteiger partial charge in [0.2, 0.25) is 0 Å². The van der Waals surface area contributed by atoms with Crippen molar-refractivity contribution in [2.75, 3.05) is 27.3 Å². The molecule has 0 fully saturated rings. The summed E-state index contributed by atoms with van der Waals surface area (Å²) in [6.45, 7) is 0.912. The fraction of sp³-hybridized carbons (Fsp3) is 0.222. The van der Waals surface area contributed by atoms with Crippen molar-refractivity contribution in [3.8, 4) is 23.0 Å². The molecule has 0 aliphatic rings. The Morgan fingerprint density at radius 1 is 0.800 bits per heavy atom. The number of para-hydroxylation sites is 2. The molecule has 135 valence electrons. The first kappa shape index (κ1) is 20.5. The maximum Gasteiger partial charge on any atom is 0.166 e. The van der Waals surface area contributed by atoms with Crippen molar-refractivity contribution in [2.45, 2.75) is 0 Å². The number of methoxy groups -OCH3 is 2. The zero-order valence-electron chi connectivity index (χ0n) is 14.0. The van der Waals surface area contributed by atoms with Gasteiger partial charge in [-0.1, -0.05) is 12.1 Å². The van der Waals surface area contributed by atoms with E-state index in [2.05, 4.69) is 9.98 Å². The summed E-state index contributed by atoms with van der Waals surface area (Å²) in [5.74, 6) is 0.943. The molecule has 2 rings (SSSR count). The summed E-state index contributed by atoms with van der Waals surface area (Å²) < 4.78 is 10.1.